The van der Waals surface area contributed by atoms with Gasteiger partial charge < -0.3 is 4.42 Å². The Kier molecular flexibility index (Phi) is 3.57. The van der Waals surface area contributed by atoms with Crippen molar-refractivity contribution < 1.29 is 4.42 Å². The van der Waals surface area contributed by atoms with Gasteiger partial charge in [0.25, 0.3) is 0 Å². The van der Waals surface area contributed by atoms with Crippen molar-refractivity contribution >= 4 is 33.5 Å². The van der Waals surface area contributed by atoms with Crippen LogP contribution in [-0.4, -0.2) is 0 Å². The Bertz CT molecular complexity index is 1240. The van der Waals surface area contributed by atoms with Gasteiger partial charge in [-0.15, -0.1) is 0 Å². The van der Waals surface area contributed by atoms with E-state index < -0.39 is 0 Å². The van der Waals surface area contributed by atoms with E-state index in [1.54, 1.807) is 5.56 Å². The first-order chi connectivity index (χ1) is 14.7. The van der Waals surface area contributed by atoms with E-state index in [9.17, 15) is 0 Å². The molecule has 1 nitrogen and oxygen atoms in total. The fourth-order valence-electron chi connectivity index (χ4n) is 7.49. The second kappa shape index (κ2) is 6.14. The van der Waals surface area contributed by atoms with Gasteiger partial charge in [0, 0.05) is 15.8 Å². The second-order valence-corrected chi connectivity index (χ2v) is 10.6. The summed E-state index contributed by atoms with van der Waals surface area (Å²) >= 11 is 6.14. The fourth-order valence-corrected chi connectivity index (χ4v) is 7.62. The van der Waals surface area contributed by atoms with Gasteiger partial charge in [-0.05, 0) is 109 Å². The van der Waals surface area contributed by atoms with Crippen molar-refractivity contribution in [2.75, 3.05) is 0 Å². The number of furan rings is 1. The quantitative estimate of drug-likeness (QED) is 0.322. The van der Waals surface area contributed by atoms with Gasteiger partial charge in [-0.25, -0.2) is 0 Å². The van der Waals surface area contributed by atoms with Crippen LogP contribution in [0.25, 0.3) is 33.1 Å². The van der Waals surface area contributed by atoms with E-state index in [0.717, 1.165) is 33.9 Å². The van der Waals surface area contributed by atoms with Gasteiger partial charge in [-0.2, -0.15) is 0 Å². The average Bonchev–Trinajstić information content (AvgIpc) is 3.11. The van der Waals surface area contributed by atoms with Gasteiger partial charge >= 0.3 is 0 Å². The monoisotopic (exact) mass is 412 g/mol. The second-order valence-electron chi connectivity index (χ2n) is 10.2. The van der Waals surface area contributed by atoms with Gasteiger partial charge in [0.05, 0.1) is 0 Å². The molecule has 0 radical (unpaired) electrons. The molecule has 0 unspecified atom stereocenters. The molecule has 0 saturated heterocycles. The van der Waals surface area contributed by atoms with Crippen LogP contribution in [0.4, 0.5) is 0 Å². The standard InChI is InChI=1S/C28H25ClO/c29-22-7-4-20(5-8-22)23-2-1-3-26-27(23)24-13-21(6-9-25(24)30-26)28-14-17-10-18(15-28)12-19(11-17)16-28/h1-9,13,17-19H,10-12,14-16H2. The lowest BCUT2D eigenvalue weighted by Gasteiger charge is -2.57. The van der Waals surface area contributed by atoms with Crippen LogP contribution in [0.1, 0.15) is 44.1 Å². The number of hydrogen-bond donors (Lipinski definition) is 0. The molecule has 4 fully saturated rings. The largest absolute Gasteiger partial charge is 0.456 e. The molecule has 0 atom stereocenters. The fraction of sp³-hybridized carbons (Fsp3) is 0.357. The van der Waals surface area contributed by atoms with Crippen LogP contribution < -0.4 is 0 Å². The molecule has 0 spiro atoms. The molecule has 1 aromatic heterocycles. The Morgan fingerprint density at radius 2 is 1.47 bits per heavy atom. The van der Waals surface area contributed by atoms with Crippen LogP contribution in [0.3, 0.4) is 0 Å². The van der Waals surface area contributed by atoms with Crippen molar-refractivity contribution in [3.63, 3.8) is 0 Å². The zero-order valence-electron chi connectivity index (χ0n) is 17.0. The molecule has 30 heavy (non-hydrogen) atoms. The zero-order chi connectivity index (χ0) is 19.9. The highest BCUT2D eigenvalue weighted by Gasteiger charge is 2.51. The van der Waals surface area contributed by atoms with Crippen LogP contribution in [-0.2, 0) is 5.41 Å². The van der Waals surface area contributed by atoms with Gasteiger partial charge in [0.1, 0.15) is 11.2 Å². The first kappa shape index (κ1) is 17.4. The molecule has 3 aromatic carbocycles. The lowest BCUT2D eigenvalue weighted by molar-refractivity contribution is -0.00512. The number of hydrogen-bond acceptors (Lipinski definition) is 1. The van der Waals surface area contributed by atoms with Crippen LogP contribution in [0, 0.1) is 17.8 Å². The first-order valence-corrected chi connectivity index (χ1v) is 11.8. The van der Waals surface area contributed by atoms with E-state index >= 15 is 0 Å². The molecule has 4 saturated carbocycles. The summed E-state index contributed by atoms with van der Waals surface area (Å²) in [5.41, 5.74) is 6.35. The molecule has 0 aliphatic heterocycles. The predicted octanol–water partition coefficient (Wildman–Crippen LogP) is 8.37. The number of rotatable bonds is 2. The molecule has 150 valence electrons. The molecule has 0 N–H and O–H groups in total. The van der Waals surface area contributed by atoms with Gasteiger partial charge in [0.2, 0.25) is 0 Å². The van der Waals surface area contributed by atoms with Crippen LogP contribution in [0.5, 0.6) is 0 Å². The maximum atomic E-state index is 6.29. The molecular formula is C28H25ClO. The van der Waals surface area contributed by atoms with E-state index in [0.29, 0.717) is 5.41 Å². The summed E-state index contributed by atoms with van der Waals surface area (Å²) in [7, 11) is 0. The Morgan fingerprint density at radius 3 is 2.17 bits per heavy atom. The SMILES string of the molecule is Clc1ccc(-c2cccc3oc4ccc(C56CC7CC(CC(C7)C5)C6)cc4c23)cc1. The van der Waals surface area contributed by atoms with Crippen LogP contribution in [0.2, 0.25) is 5.02 Å². The van der Waals surface area contributed by atoms with Crippen molar-refractivity contribution in [2.45, 2.75) is 43.9 Å². The molecule has 4 aromatic rings. The van der Waals surface area contributed by atoms with E-state index in [1.165, 1.54) is 60.4 Å². The summed E-state index contributed by atoms with van der Waals surface area (Å²) < 4.78 is 6.29. The maximum Gasteiger partial charge on any atom is 0.136 e. The minimum Gasteiger partial charge on any atom is -0.456 e. The van der Waals surface area contributed by atoms with Crippen LogP contribution in [0.15, 0.2) is 65.1 Å². The van der Waals surface area contributed by atoms with E-state index in [1.807, 2.05) is 12.1 Å². The number of fused-ring (bicyclic) bond motifs is 3. The third-order valence-corrected chi connectivity index (χ3v) is 8.55. The van der Waals surface area contributed by atoms with Crippen molar-refractivity contribution in [1.29, 1.82) is 0 Å². The molecule has 2 heteroatoms. The van der Waals surface area contributed by atoms with E-state index in [2.05, 4.69) is 48.5 Å². The molecule has 4 bridgehead atoms. The van der Waals surface area contributed by atoms with Gasteiger partial charge in [0.15, 0.2) is 0 Å². The molecule has 0 amide bonds. The number of benzene rings is 3. The molecule has 4 aliphatic rings. The normalized spacial score (nSPS) is 29.8. The van der Waals surface area contributed by atoms with Crippen molar-refractivity contribution in [1.82, 2.24) is 0 Å². The summed E-state index contributed by atoms with van der Waals surface area (Å²) in [5.74, 6) is 2.87. The Labute approximate surface area is 182 Å². The highest BCUT2D eigenvalue weighted by molar-refractivity contribution is 6.30. The highest BCUT2D eigenvalue weighted by atomic mass is 35.5. The van der Waals surface area contributed by atoms with E-state index in [-0.39, 0.29) is 0 Å². The zero-order valence-corrected chi connectivity index (χ0v) is 17.8. The summed E-state index contributed by atoms with van der Waals surface area (Å²) in [6, 6.07) is 21.6. The lowest BCUT2D eigenvalue weighted by atomic mass is 9.48. The van der Waals surface area contributed by atoms with E-state index in [4.69, 9.17) is 16.0 Å². The highest BCUT2D eigenvalue weighted by Crippen LogP contribution is 2.61. The molecule has 8 rings (SSSR count). The minimum atomic E-state index is 0.405. The Morgan fingerprint density at radius 1 is 0.767 bits per heavy atom. The smallest absolute Gasteiger partial charge is 0.136 e. The maximum absolute atomic E-state index is 6.29. The summed E-state index contributed by atoms with van der Waals surface area (Å²) in [6.07, 6.45) is 8.63. The Hall–Kier alpha value is -2.25. The van der Waals surface area contributed by atoms with Gasteiger partial charge in [-0.3, -0.25) is 0 Å². The van der Waals surface area contributed by atoms with Crippen molar-refractivity contribution in [3.8, 4) is 11.1 Å². The van der Waals surface area contributed by atoms with Gasteiger partial charge in [-0.1, -0.05) is 41.9 Å². The summed E-state index contributed by atoms with van der Waals surface area (Å²) in [4.78, 5) is 0. The van der Waals surface area contributed by atoms with Crippen LogP contribution >= 0.6 is 11.6 Å². The third-order valence-electron chi connectivity index (χ3n) is 8.30. The topological polar surface area (TPSA) is 13.1 Å². The molecule has 4 aliphatic carbocycles. The Balaban J connectivity index is 1.43. The lowest BCUT2D eigenvalue weighted by Crippen LogP contribution is -2.48. The molecule has 1 heterocycles. The average molecular weight is 413 g/mol. The summed E-state index contributed by atoms with van der Waals surface area (Å²) in [6.45, 7) is 0. The third kappa shape index (κ3) is 2.48. The predicted molar refractivity (Wildman–Crippen MR) is 124 cm³/mol. The number of halogens is 1. The summed E-state index contributed by atoms with van der Waals surface area (Å²) in [5, 5.41) is 3.28. The van der Waals surface area contributed by atoms with Crippen molar-refractivity contribution in [3.05, 3.63) is 71.2 Å². The molecular weight excluding hydrogens is 388 g/mol. The first-order valence-electron chi connectivity index (χ1n) is 11.4. The van der Waals surface area contributed by atoms with Crippen molar-refractivity contribution in [2.24, 2.45) is 17.8 Å². The minimum absolute atomic E-state index is 0.405.